The van der Waals surface area contributed by atoms with Crippen molar-refractivity contribution in [3.8, 4) is 17.0 Å². The largest absolute Gasteiger partial charge is 0.508 e. The normalized spacial score (nSPS) is 26.1. The number of carbonyl (C=O) groups is 5. The van der Waals surface area contributed by atoms with Crippen LogP contribution >= 0.6 is 0 Å². The van der Waals surface area contributed by atoms with Gasteiger partial charge in [0.1, 0.15) is 29.4 Å². The Balaban J connectivity index is 1.07. The van der Waals surface area contributed by atoms with E-state index < -0.39 is 46.2 Å². The lowest BCUT2D eigenvalue weighted by Crippen LogP contribution is -2.63. The van der Waals surface area contributed by atoms with E-state index in [2.05, 4.69) is 52.5 Å². The SMILES string of the molecule is CCn1c2c3c(c1-c1cnccc1COC)CC(C)(C)COC(=O)[C@@H]1CCCN(N1)C(=O)[C@@H](NC(=O)[C@]1(N(C)C(=O)CN(C)C(=O)[C@@H]4N[C@H]4C4CC4)CC1(C)C)Cc1cc(O)cc(c1)C(=C3)CC2. The number of esters is 1. The van der Waals surface area contributed by atoms with Crippen LogP contribution in [0.25, 0.3) is 22.9 Å². The van der Waals surface area contributed by atoms with E-state index in [0.29, 0.717) is 50.2 Å². The van der Waals surface area contributed by atoms with E-state index in [4.69, 9.17) is 9.47 Å². The highest BCUT2D eigenvalue weighted by atomic mass is 16.5. The van der Waals surface area contributed by atoms with Gasteiger partial charge < -0.3 is 34.3 Å². The highest BCUT2D eigenvalue weighted by Gasteiger charge is 2.70. The molecule has 2 saturated carbocycles. The Hall–Kier alpha value is -5.58. The first kappa shape index (κ1) is 47.5. The summed E-state index contributed by atoms with van der Waals surface area (Å²) in [6, 6.07) is 5.26. The number of aromatic hydroxyl groups is 1. The van der Waals surface area contributed by atoms with Gasteiger partial charge in [-0.2, -0.15) is 0 Å². The lowest BCUT2D eigenvalue weighted by atomic mass is 9.82. The van der Waals surface area contributed by atoms with Gasteiger partial charge >= 0.3 is 5.97 Å². The summed E-state index contributed by atoms with van der Waals surface area (Å²) in [5.74, 6) is -1.40. The summed E-state index contributed by atoms with van der Waals surface area (Å²) in [6.07, 6.45) is 11.4. The number of likely N-dealkylation sites (N-methyl/N-ethyl adjacent to an activating group) is 2. The number of hydrazine groups is 1. The molecule has 16 heteroatoms. The third-order valence-electron chi connectivity index (χ3n) is 15.4. The quantitative estimate of drug-likeness (QED) is 0.157. The molecule has 3 aliphatic heterocycles. The molecular weight excluding hydrogens is 865 g/mol. The first-order valence-corrected chi connectivity index (χ1v) is 24.4. The van der Waals surface area contributed by atoms with Crippen molar-refractivity contribution in [2.75, 3.05) is 40.9 Å². The Morgan fingerprint density at radius 2 is 1.84 bits per heavy atom. The first-order chi connectivity index (χ1) is 32.4. The number of phenolic OH excluding ortho intramolecular Hbond substituents is 1. The summed E-state index contributed by atoms with van der Waals surface area (Å²) < 4.78 is 14.2. The number of ether oxygens (including phenoxy) is 2. The van der Waals surface area contributed by atoms with E-state index in [1.807, 2.05) is 32.2 Å². The number of nitrogens with zero attached hydrogens (tertiary/aromatic N) is 5. The van der Waals surface area contributed by atoms with Gasteiger partial charge in [0, 0.05) is 75.8 Å². The van der Waals surface area contributed by atoms with Gasteiger partial charge in [-0.3, -0.25) is 39.3 Å². The van der Waals surface area contributed by atoms with Crippen LogP contribution in [0, 0.1) is 16.7 Å². The lowest BCUT2D eigenvalue weighted by Gasteiger charge is -2.37. The molecule has 0 unspecified atom stereocenters. The van der Waals surface area contributed by atoms with Crippen molar-refractivity contribution in [3.05, 3.63) is 70.2 Å². The van der Waals surface area contributed by atoms with Crippen LogP contribution in [0.5, 0.6) is 5.75 Å². The van der Waals surface area contributed by atoms with Crippen LogP contribution in [0.1, 0.15) is 107 Å². The van der Waals surface area contributed by atoms with Gasteiger partial charge in [0.15, 0.2) is 0 Å². The van der Waals surface area contributed by atoms with E-state index in [9.17, 15) is 29.1 Å². The molecule has 5 atom stereocenters. The number of hydrogen-bond donors (Lipinski definition) is 4. The summed E-state index contributed by atoms with van der Waals surface area (Å²) in [4.78, 5) is 78.4. The Morgan fingerprint density at radius 3 is 2.54 bits per heavy atom. The Bertz CT molecular complexity index is 2560. The maximum absolute atomic E-state index is 14.9. The Labute approximate surface area is 399 Å². The van der Waals surface area contributed by atoms with Gasteiger partial charge in [0.05, 0.1) is 25.5 Å². The fourth-order valence-corrected chi connectivity index (χ4v) is 11.3. The number of phenols is 1. The molecule has 0 spiro atoms. The maximum atomic E-state index is 14.9. The number of hydrogen-bond acceptors (Lipinski definition) is 11. The second-order valence-electron chi connectivity index (χ2n) is 21.5. The van der Waals surface area contributed by atoms with Crippen LogP contribution < -0.4 is 16.1 Å². The molecule has 6 aliphatic rings. The van der Waals surface area contributed by atoms with Crippen LogP contribution in [0.4, 0.5) is 0 Å². The minimum Gasteiger partial charge on any atom is -0.508 e. The number of methoxy groups -OCH3 is 1. The molecule has 2 aromatic heterocycles. The fourth-order valence-electron chi connectivity index (χ4n) is 11.3. The van der Waals surface area contributed by atoms with E-state index >= 15 is 0 Å². The smallest absolute Gasteiger partial charge is 0.324 e. The highest BCUT2D eigenvalue weighted by molar-refractivity contribution is 5.99. The van der Waals surface area contributed by atoms with E-state index in [-0.39, 0.29) is 55.8 Å². The first-order valence-electron chi connectivity index (χ1n) is 24.4. The van der Waals surface area contributed by atoms with Crippen LogP contribution in [-0.4, -0.2) is 130 Å². The van der Waals surface area contributed by atoms with Crippen molar-refractivity contribution in [1.29, 1.82) is 0 Å². The zero-order valence-electron chi connectivity index (χ0n) is 40.9. The molecule has 4 amide bonds. The van der Waals surface area contributed by atoms with Crippen molar-refractivity contribution < 1.29 is 38.6 Å². The zero-order valence-corrected chi connectivity index (χ0v) is 40.9. The number of aromatic nitrogens is 2. The molecule has 68 heavy (non-hydrogen) atoms. The second kappa shape index (κ2) is 18.1. The van der Waals surface area contributed by atoms with Gasteiger partial charge in [-0.05, 0) is 127 Å². The van der Waals surface area contributed by atoms with Gasteiger partial charge in [-0.1, -0.05) is 33.8 Å². The molecule has 2 saturated heterocycles. The number of nitrogens with one attached hydrogen (secondary N) is 3. The summed E-state index contributed by atoms with van der Waals surface area (Å²) in [5.41, 5.74) is 9.57. The predicted octanol–water partition coefficient (Wildman–Crippen LogP) is 4.39. The summed E-state index contributed by atoms with van der Waals surface area (Å²) in [5, 5.41) is 19.1. The Morgan fingerprint density at radius 1 is 1.07 bits per heavy atom. The molecule has 9 rings (SSSR count). The van der Waals surface area contributed by atoms with Crippen molar-refractivity contribution >= 4 is 41.2 Å². The van der Waals surface area contributed by atoms with Gasteiger partial charge in [-0.25, -0.2) is 5.43 Å². The predicted molar refractivity (Wildman–Crippen MR) is 255 cm³/mol. The number of fused-ring (bicyclic) bond motifs is 5. The number of cyclic esters (lactones) is 1. The number of rotatable bonds is 11. The molecular formula is C52H68N8O8. The standard InChI is InChI=1S/C52H68N8O8/c1-9-59-41-15-14-32-23-36(41)37(45(59)38-25-53-17-16-33(38)27-67-8)24-50(2,3)29-68-48(65)39-11-10-18-60(56-39)46(63)40(21-30-19-34(32)22-35(61)20-30)54-49(66)52(28-51(52,4)5)58(7)42(62)26-57(6)47(64)44-43(55-44)31-12-13-31/h16-17,19-20,22-23,25,31,39-40,43-44,55-56,61H,9-15,18,21,24,26-29H2,1-8H3,(H,54,66)/t39-,40-,43-,44+,52+/m0/s1. The number of benzene rings is 1. The van der Waals surface area contributed by atoms with Gasteiger partial charge in [0.2, 0.25) is 17.7 Å². The van der Waals surface area contributed by atoms with E-state index in [1.165, 1.54) is 20.5 Å². The maximum Gasteiger partial charge on any atom is 0.324 e. The molecule has 3 aromatic rings. The summed E-state index contributed by atoms with van der Waals surface area (Å²) in [6.45, 7) is 11.5. The number of amides is 4. The molecule has 1 aromatic carbocycles. The average molecular weight is 933 g/mol. The highest BCUT2D eigenvalue weighted by Crippen LogP contribution is 2.59. The Kier molecular flexibility index (Phi) is 12.6. The molecule has 6 bridgehead atoms. The summed E-state index contributed by atoms with van der Waals surface area (Å²) in [7, 11) is 4.89. The van der Waals surface area contributed by atoms with Crippen molar-refractivity contribution in [1.82, 2.24) is 40.4 Å². The molecule has 16 nitrogen and oxygen atoms in total. The summed E-state index contributed by atoms with van der Waals surface area (Å²) >= 11 is 0. The van der Waals surface area contributed by atoms with E-state index in [0.717, 1.165) is 64.9 Å². The molecule has 0 radical (unpaired) electrons. The number of allylic oxidation sites excluding steroid dienone is 1. The van der Waals surface area contributed by atoms with Crippen LogP contribution in [0.3, 0.4) is 0 Å². The molecule has 5 heterocycles. The van der Waals surface area contributed by atoms with Gasteiger partial charge in [-0.15, -0.1) is 0 Å². The zero-order chi connectivity index (χ0) is 48.4. The van der Waals surface area contributed by atoms with Gasteiger partial charge in [0.25, 0.3) is 5.91 Å². The minimum absolute atomic E-state index is 0.0127. The lowest BCUT2D eigenvalue weighted by molar-refractivity contribution is -0.155. The topological polar surface area (TPSA) is 198 Å². The molecule has 4 N–H and O–H groups in total. The average Bonchev–Trinajstić information content (AvgIpc) is 4.25. The van der Waals surface area contributed by atoms with Crippen molar-refractivity contribution in [2.45, 2.75) is 135 Å². The fraction of sp³-hybridized carbons (Fsp3) is 0.577. The number of pyridine rings is 1. The van der Waals surface area contributed by atoms with Crippen LogP contribution in [-0.2, 0) is 65.9 Å². The minimum atomic E-state index is -1.30. The van der Waals surface area contributed by atoms with Crippen molar-refractivity contribution in [3.63, 3.8) is 0 Å². The second-order valence-corrected chi connectivity index (χ2v) is 21.5. The monoisotopic (exact) mass is 933 g/mol. The van der Waals surface area contributed by atoms with E-state index in [1.54, 1.807) is 39.5 Å². The van der Waals surface area contributed by atoms with Crippen LogP contribution in [0.2, 0.25) is 0 Å². The molecule has 4 fully saturated rings. The molecule has 3 aliphatic carbocycles. The van der Waals surface area contributed by atoms with Crippen LogP contribution in [0.15, 0.2) is 36.7 Å². The third-order valence-corrected chi connectivity index (χ3v) is 15.4. The number of carbonyl (C=O) groups excluding carboxylic acids is 5. The third kappa shape index (κ3) is 8.95. The van der Waals surface area contributed by atoms with Crippen molar-refractivity contribution in [2.24, 2.45) is 16.7 Å². The molecule has 364 valence electrons.